The van der Waals surface area contributed by atoms with Crippen molar-refractivity contribution in [3.63, 3.8) is 0 Å². The standard InChI is InChI=1S/C12H20N4O2/c1-8-9(16(17)18)5-6-11(14-8)15-10(7-13)12(2,3)4/h5-6,10H,7,13H2,1-4H3,(H,14,15). The second kappa shape index (κ2) is 5.30. The Bertz CT molecular complexity index is 440. The van der Waals surface area contributed by atoms with Crippen LogP contribution in [0, 0.1) is 22.5 Å². The highest BCUT2D eigenvalue weighted by molar-refractivity contribution is 5.45. The van der Waals surface area contributed by atoms with Crippen LogP contribution in [-0.4, -0.2) is 22.5 Å². The van der Waals surface area contributed by atoms with E-state index in [0.717, 1.165) is 0 Å². The van der Waals surface area contributed by atoms with Gasteiger partial charge in [-0.2, -0.15) is 0 Å². The van der Waals surface area contributed by atoms with Crippen LogP contribution in [-0.2, 0) is 0 Å². The van der Waals surface area contributed by atoms with Gasteiger partial charge in [0.1, 0.15) is 11.5 Å². The Morgan fingerprint density at radius 3 is 2.50 bits per heavy atom. The monoisotopic (exact) mass is 252 g/mol. The average molecular weight is 252 g/mol. The average Bonchev–Trinajstić information content (AvgIpc) is 2.23. The van der Waals surface area contributed by atoms with Crippen LogP contribution in [0.3, 0.4) is 0 Å². The van der Waals surface area contributed by atoms with E-state index in [0.29, 0.717) is 18.1 Å². The Balaban J connectivity index is 2.92. The molecule has 1 unspecified atom stereocenters. The van der Waals surface area contributed by atoms with Crippen LogP contribution in [0.2, 0.25) is 0 Å². The Morgan fingerprint density at radius 1 is 1.50 bits per heavy atom. The highest BCUT2D eigenvalue weighted by Gasteiger charge is 2.23. The fraction of sp³-hybridized carbons (Fsp3) is 0.583. The lowest BCUT2D eigenvalue weighted by Crippen LogP contribution is -2.40. The topological polar surface area (TPSA) is 94.1 Å². The molecule has 0 bridgehead atoms. The third kappa shape index (κ3) is 3.40. The van der Waals surface area contributed by atoms with Gasteiger partial charge in [-0.1, -0.05) is 20.8 Å². The fourth-order valence-corrected chi connectivity index (χ4v) is 1.63. The maximum atomic E-state index is 10.7. The molecule has 0 aliphatic carbocycles. The number of hydrogen-bond donors (Lipinski definition) is 2. The van der Waals surface area contributed by atoms with Gasteiger partial charge in [0.15, 0.2) is 0 Å². The summed E-state index contributed by atoms with van der Waals surface area (Å²) in [5.74, 6) is 0.614. The van der Waals surface area contributed by atoms with E-state index in [1.165, 1.54) is 6.07 Å². The zero-order chi connectivity index (χ0) is 13.9. The predicted molar refractivity (Wildman–Crippen MR) is 71.5 cm³/mol. The van der Waals surface area contributed by atoms with Crippen LogP contribution in [0.5, 0.6) is 0 Å². The summed E-state index contributed by atoms with van der Waals surface area (Å²) in [5.41, 5.74) is 6.14. The lowest BCUT2D eigenvalue weighted by Gasteiger charge is -2.30. The number of nitrogens with one attached hydrogen (secondary N) is 1. The Labute approximate surface area is 107 Å². The molecule has 0 spiro atoms. The van der Waals surface area contributed by atoms with Crippen LogP contribution in [0.25, 0.3) is 0 Å². The van der Waals surface area contributed by atoms with E-state index in [2.05, 4.69) is 31.1 Å². The quantitative estimate of drug-likeness (QED) is 0.632. The van der Waals surface area contributed by atoms with Crippen molar-refractivity contribution < 1.29 is 4.92 Å². The van der Waals surface area contributed by atoms with Gasteiger partial charge in [0.05, 0.1) is 4.92 Å². The predicted octanol–water partition coefficient (Wildman–Crippen LogP) is 2.08. The number of aromatic nitrogens is 1. The molecule has 18 heavy (non-hydrogen) atoms. The van der Waals surface area contributed by atoms with Gasteiger partial charge in [0.25, 0.3) is 5.69 Å². The molecule has 0 aliphatic heterocycles. The third-order valence-electron chi connectivity index (χ3n) is 2.86. The highest BCUT2D eigenvalue weighted by atomic mass is 16.6. The maximum Gasteiger partial charge on any atom is 0.290 e. The molecule has 1 heterocycles. The molecule has 0 aliphatic rings. The second-order valence-electron chi connectivity index (χ2n) is 5.36. The highest BCUT2D eigenvalue weighted by Crippen LogP contribution is 2.23. The summed E-state index contributed by atoms with van der Waals surface area (Å²) >= 11 is 0. The third-order valence-corrected chi connectivity index (χ3v) is 2.86. The first-order valence-electron chi connectivity index (χ1n) is 5.84. The number of nitro groups is 1. The van der Waals surface area contributed by atoms with Gasteiger partial charge >= 0.3 is 0 Å². The van der Waals surface area contributed by atoms with Gasteiger partial charge in [-0.15, -0.1) is 0 Å². The number of hydrogen-bond acceptors (Lipinski definition) is 5. The molecular formula is C12H20N4O2. The molecule has 6 nitrogen and oxygen atoms in total. The van der Waals surface area contributed by atoms with Gasteiger partial charge in [0.2, 0.25) is 0 Å². The van der Waals surface area contributed by atoms with E-state index in [9.17, 15) is 10.1 Å². The smallest absolute Gasteiger partial charge is 0.290 e. The molecule has 0 radical (unpaired) electrons. The van der Waals surface area contributed by atoms with Crippen LogP contribution in [0.4, 0.5) is 11.5 Å². The van der Waals surface area contributed by atoms with E-state index in [4.69, 9.17) is 5.73 Å². The van der Waals surface area contributed by atoms with Crippen LogP contribution in [0.15, 0.2) is 12.1 Å². The number of nitrogens with two attached hydrogens (primary N) is 1. The number of rotatable bonds is 4. The van der Waals surface area contributed by atoms with Crippen molar-refractivity contribution in [2.24, 2.45) is 11.1 Å². The molecule has 6 heteroatoms. The van der Waals surface area contributed by atoms with Gasteiger partial charge in [-0.25, -0.2) is 4.98 Å². The molecule has 0 saturated carbocycles. The molecule has 0 amide bonds. The van der Waals surface area contributed by atoms with Crippen molar-refractivity contribution in [1.82, 2.24) is 4.98 Å². The van der Waals surface area contributed by atoms with Gasteiger partial charge in [0, 0.05) is 18.7 Å². The maximum absolute atomic E-state index is 10.7. The first kappa shape index (κ1) is 14.4. The summed E-state index contributed by atoms with van der Waals surface area (Å²) < 4.78 is 0. The van der Waals surface area contributed by atoms with Crippen molar-refractivity contribution in [3.05, 3.63) is 27.9 Å². The van der Waals surface area contributed by atoms with Gasteiger partial charge in [-0.05, 0) is 18.4 Å². The van der Waals surface area contributed by atoms with E-state index in [-0.39, 0.29) is 17.1 Å². The molecule has 1 atom stereocenters. The molecular weight excluding hydrogens is 232 g/mol. The molecule has 0 aromatic carbocycles. The first-order valence-corrected chi connectivity index (χ1v) is 5.84. The van der Waals surface area contributed by atoms with Crippen molar-refractivity contribution in [1.29, 1.82) is 0 Å². The number of nitrogens with zero attached hydrogens (tertiary/aromatic N) is 2. The van der Waals surface area contributed by atoms with Crippen LogP contribution >= 0.6 is 0 Å². The minimum Gasteiger partial charge on any atom is -0.366 e. The zero-order valence-electron chi connectivity index (χ0n) is 11.2. The summed E-state index contributed by atoms with van der Waals surface area (Å²) in [7, 11) is 0. The molecule has 3 N–H and O–H groups in total. The summed E-state index contributed by atoms with van der Waals surface area (Å²) in [6.07, 6.45) is 0. The van der Waals surface area contributed by atoms with Crippen molar-refractivity contribution in [3.8, 4) is 0 Å². The van der Waals surface area contributed by atoms with Gasteiger partial charge < -0.3 is 11.1 Å². The Morgan fingerprint density at radius 2 is 2.11 bits per heavy atom. The van der Waals surface area contributed by atoms with Crippen LogP contribution < -0.4 is 11.1 Å². The molecule has 100 valence electrons. The number of pyridine rings is 1. The SMILES string of the molecule is Cc1nc(NC(CN)C(C)(C)C)ccc1[N+](=O)[O-]. The zero-order valence-corrected chi connectivity index (χ0v) is 11.2. The lowest BCUT2D eigenvalue weighted by atomic mass is 9.87. The number of aryl methyl sites for hydroxylation is 1. The van der Waals surface area contributed by atoms with E-state index < -0.39 is 4.92 Å². The normalized spacial score (nSPS) is 13.2. The molecule has 1 rings (SSSR count). The molecule has 1 aromatic heterocycles. The van der Waals surface area contributed by atoms with Crippen molar-refractivity contribution in [2.75, 3.05) is 11.9 Å². The van der Waals surface area contributed by atoms with E-state index >= 15 is 0 Å². The van der Waals surface area contributed by atoms with Gasteiger partial charge in [-0.3, -0.25) is 10.1 Å². The van der Waals surface area contributed by atoms with E-state index in [1.807, 2.05) is 0 Å². The molecule has 1 aromatic rings. The Hall–Kier alpha value is -1.69. The Kier molecular flexibility index (Phi) is 4.24. The lowest BCUT2D eigenvalue weighted by molar-refractivity contribution is -0.385. The van der Waals surface area contributed by atoms with Crippen molar-refractivity contribution in [2.45, 2.75) is 33.7 Å². The van der Waals surface area contributed by atoms with Crippen molar-refractivity contribution >= 4 is 11.5 Å². The largest absolute Gasteiger partial charge is 0.366 e. The minimum absolute atomic E-state index is 0.00783. The van der Waals surface area contributed by atoms with Crippen LogP contribution in [0.1, 0.15) is 26.5 Å². The fourth-order valence-electron chi connectivity index (χ4n) is 1.63. The second-order valence-corrected chi connectivity index (χ2v) is 5.36. The number of anilines is 1. The minimum atomic E-state index is -0.434. The molecule has 0 fully saturated rings. The summed E-state index contributed by atoms with van der Waals surface area (Å²) in [5, 5.41) is 13.9. The summed E-state index contributed by atoms with van der Waals surface area (Å²) in [6.45, 7) is 8.33. The summed E-state index contributed by atoms with van der Waals surface area (Å²) in [4.78, 5) is 14.4. The summed E-state index contributed by atoms with van der Waals surface area (Å²) in [6, 6.07) is 3.13. The molecule has 0 saturated heterocycles. The first-order chi connectivity index (χ1) is 8.25. The van der Waals surface area contributed by atoms with E-state index in [1.54, 1.807) is 13.0 Å².